The van der Waals surface area contributed by atoms with E-state index in [4.69, 9.17) is 4.98 Å². The SMILES string of the molecule is CC1(C)C2=C(c3ccc(-c4ccc(-c5cn6cccnc6n5)cc4)cc31)C(C)(C)c1cc(-c3ccc4ccccc4c3)ccc12. The Balaban J connectivity index is 1.07. The number of hydrogen-bond acceptors (Lipinski definition) is 2. The maximum Gasteiger partial charge on any atom is 0.234 e. The fourth-order valence-corrected chi connectivity index (χ4v) is 7.93. The first-order chi connectivity index (χ1) is 21.8. The third-order valence-electron chi connectivity index (χ3n) is 10.3. The topological polar surface area (TPSA) is 30.2 Å². The van der Waals surface area contributed by atoms with Crippen molar-refractivity contribution in [1.29, 1.82) is 0 Å². The second-order valence-corrected chi connectivity index (χ2v) is 13.6. The number of fused-ring (bicyclic) bond motifs is 6. The van der Waals surface area contributed by atoms with Crippen molar-refractivity contribution in [1.82, 2.24) is 14.4 Å². The lowest BCUT2D eigenvalue weighted by Crippen LogP contribution is -2.19. The molecule has 2 aromatic heterocycles. The summed E-state index contributed by atoms with van der Waals surface area (Å²) in [6, 6.07) is 40.4. The van der Waals surface area contributed by atoms with E-state index in [0.717, 1.165) is 11.3 Å². The zero-order valence-electron chi connectivity index (χ0n) is 26.0. The van der Waals surface area contributed by atoms with Crippen LogP contribution in [0.5, 0.6) is 0 Å². The lowest BCUT2D eigenvalue weighted by molar-refractivity contribution is 0.694. The molecule has 0 bridgehead atoms. The predicted octanol–water partition coefficient (Wildman–Crippen LogP) is 10.4. The van der Waals surface area contributed by atoms with Crippen LogP contribution in [0.4, 0.5) is 0 Å². The Morgan fingerprint density at radius 2 is 1.09 bits per heavy atom. The molecule has 0 saturated carbocycles. The van der Waals surface area contributed by atoms with E-state index in [9.17, 15) is 0 Å². The molecule has 0 radical (unpaired) electrons. The van der Waals surface area contributed by atoms with Crippen molar-refractivity contribution >= 4 is 27.7 Å². The molecule has 0 spiro atoms. The molecular formula is C42H33N3. The Kier molecular flexibility index (Phi) is 5.30. The van der Waals surface area contributed by atoms with Crippen LogP contribution in [0.15, 0.2) is 128 Å². The molecule has 0 fully saturated rings. The first-order valence-electron chi connectivity index (χ1n) is 15.7. The average Bonchev–Trinajstić information content (AvgIpc) is 3.68. The van der Waals surface area contributed by atoms with Gasteiger partial charge in [-0.15, -0.1) is 0 Å². The van der Waals surface area contributed by atoms with Gasteiger partial charge in [-0.2, -0.15) is 0 Å². The zero-order valence-corrected chi connectivity index (χ0v) is 26.0. The Morgan fingerprint density at radius 3 is 1.76 bits per heavy atom. The van der Waals surface area contributed by atoms with E-state index in [2.05, 4.69) is 136 Å². The van der Waals surface area contributed by atoms with Gasteiger partial charge in [-0.1, -0.05) is 113 Å². The van der Waals surface area contributed by atoms with Crippen LogP contribution >= 0.6 is 0 Å². The molecule has 0 unspecified atom stereocenters. The molecule has 5 aromatic carbocycles. The van der Waals surface area contributed by atoms with Crippen molar-refractivity contribution in [2.24, 2.45) is 0 Å². The fourth-order valence-electron chi connectivity index (χ4n) is 7.93. The minimum Gasteiger partial charge on any atom is -0.291 e. The summed E-state index contributed by atoms with van der Waals surface area (Å²) in [5.74, 6) is 0.715. The number of imidazole rings is 1. The van der Waals surface area contributed by atoms with Gasteiger partial charge in [0.1, 0.15) is 0 Å². The summed E-state index contributed by atoms with van der Waals surface area (Å²) >= 11 is 0. The van der Waals surface area contributed by atoms with Gasteiger partial charge in [0.2, 0.25) is 5.78 Å². The Hall–Kier alpha value is -5.28. The van der Waals surface area contributed by atoms with Crippen molar-refractivity contribution in [3.05, 3.63) is 150 Å². The fraction of sp³-hybridized carbons (Fsp3) is 0.143. The molecule has 2 aliphatic carbocycles. The molecule has 3 nitrogen and oxygen atoms in total. The third kappa shape index (κ3) is 3.77. The number of rotatable bonds is 3. The molecule has 7 aromatic rings. The van der Waals surface area contributed by atoms with Gasteiger partial charge < -0.3 is 0 Å². The summed E-state index contributed by atoms with van der Waals surface area (Å²) in [6.45, 7) is 9.62. The van der Waals surface area contributed by atoms with Gasteiger partial charge >= 0.3 is 0 Å². The Labute approximate surface area is 263 Å². The van der Waals surface area contributed by atoms with E-state index in [1.165, 1.54) is 66.4 Å². The van der Waals surface area contributed by atoms with Crippen LogP contribution in [-0.4, -0.2) is 14.4 Å². The van der Waals surface area contributed by atoms with Crippen molar-refractivity contribution in [3.8, 4) is 33.5 Å². The van der Waals surface area contributed by atoms with Gasteiger partial charge in [0, 0.05) is 35.0 Å². The molecule has 0 N–H and O–H groups in total. The number of allylic oxidation sites excluding steroid dienone is 2. The van der Waals surface area contributed by atoms with Crippen molar-refractivity contribution in [2.75, 3.05) is 0 Å². The summed E-state index contributed by atoms with van der Waals surface area (Å²) in [4.78, 5) is 9.06. The van der Waals surface area contributed by atoms with E-state index in [0.29, 0.717) is 5.78 Å². The zero-order chi connectivity index (χ0) is 30.5. The quantitative estimate of drug-likeness (QED) is 0.208. The van der Waals surface area contributed by atoms with Gasteiger partial charge in [0.25, 0.3) is 0 Å². The molecule has 0 aliphatic heterocycles. The summed E-state index contributed by atoms with van der Waals surface area (Å²) in [7, 11) is 0. The van der Waals surface area contributed by atoms with E-state index >= 15 is 0 Å². The molecular weight excluding hydrogens is 546 g/mol. The van der Waals surface area contributed by atoms with Gasteiger partial charge in [0.15, 0.2) is 0 Å². The third-order valence-corrected chi connectivity index (χ3v) is 10.3. The van der Waals surface area contributed by atoms with Crippen LogP contribution in [0.25, 0.3) is 61.2 Å². The lowest BCUT2D eigenvalue weighted by Gasteiger charge is -2.29. The second-order valence-electron chi connectivity index (χ2n) is 13.6. The van der Waals surface area contributed by atoms with Crippen LogP contribution in [-0.2, 0) is 10.8 Å². The molecule has 3 heteroatoms. The smallest absolute Gasteiger partial charge is 0.234 e. The minimum absolute atomic E-state index is 0.0911. The molecule has 216 valence electrons. The Bertz CT molecular complexity index is 2330. The summed E-state index contributed by atoms with van der Waals surface area (Å²) < 4.78 is 1.96. The highest BCUT2D eigenvalue weighted by molar-refractivity contribution is 6.10. The summed E-state index contributed by atoms with van der Waals surface area (Å²) in [6.07, 6.45) is 5.79. The molecule has 0 saturated heterocycles. The van der Waals surface area contributed by atoms with Crippen molar-refractivity contribution in [3.63, 3.8) is 0 Å². The second kappa shape index (κ2) is 9.12. The van der Waals surface area contributed by atoms with Gasteiger partial charge in [-0.3, -0.25) is 4.40 Å². The number of hydrogen-bond donors (Lipinski definition) is 0. The number of aromatic nitrogens is 3. The summed E-state index contributed by atoms with van der Waals surface area (Å²) in [5.41, 5.74) is 15.4. The van der Waals surface area contributed by atoms with Crippen LogP contribution in [0.1, 0.15) is 49.9 Å². The highest BCUT2D eigenvalue weighted by atomic mass is 15.1. The standard InChI is InChI=1S/C42H33N3/c1-41(2)35-23-31(27-10-13-28(14-11-27)37-25-45-21-7-20-43-40(45)44-37)16-18-33(35)38-39(41)34-19-17-32(24-36(34)42(38,3)4)30-15-12-26-8-5-6-9-29(26)22-30/h5-25H,1-4H3. The highest BCUT2D eigenvalue weighted by Gasteiger charge is 2.49. The first-order valence-corrected chi connectivity index (χ1v) is 15.7. The molecule has 45 heavy (non-hydrogen) atoms. The normalized spacial score (nSPS) is 15.8. The van der Waals surface area contributed by atoms with Crippen LogP contribution < -0.4 is 0 Å². The van der Waals surface area contributed by atoms with Crippen LogP contribution in [0.3, 0.4) is 0 Å². The minimum atomic E-state index is -0.100. The van der Waals surface area contributed by atoms with Gasteiger partial charge in [0.05, 0.1) is 5.69 Å². The van der Waals surface area contributed by atoms with E-state index in [1.54, 1.807) is 6.20 Å². The van der Waals surface area contributed by atoms with Crippen molar-refractivity contribution in [2.45, 2.75) is 38.5 Å². The van der Waals surface area contributed by atoms with Crippen molar-refractivity contribution < 1.29 is 0 Å². The maximum absolute atomic E-state index is 4.70. The average molecular weight is 580 g/mol. The van der Waals surface area contributed by atoms with E-state index in [1.807, 2.05) is 22.9 Å². The Morgan fingerprint density at radius 1 is 0.533 bits per heavy atom. The lowest BCUT2D eigenvalue weighted by atomic mass is 9.74. The molecule has 2 aliphatic rings. The number of nitrogens with zero attached hydrogens (tertiary/aromatic N) is 3. The largest absolute Gasteiger partial charge is 0.291 e. The summed E-state index contributed by atoms with van der Waals surface area (Å²) in [5, 5.41) is 2.56. The van der Waals surface area contributed by atoms with E-state index in [-0.39, 0.29) is 10.8 Å². The van der Waals surface area contributed by atoms with E-state index < -0.39 is 0 Å². The number of benzene rings is 5. The molecule has 0 amide bonds. The monoisotopic (exact) mass is 579 g/mol. The first kappa shape index (κ1) is 26.2. The van der Waals surface area contributed by atoms with Gasteiger partial charge in [-0.05, 0) is 90.7 Å². The molecule has 2 heterocycles. The molecule has 0 atom stereocenters. The highest BCUT2D eigenvalue weighted by Crippen LogP contribution is 2.63. The van der Waals surface area contributed by atoms with Gasteiger partial charge in [-0.25, -0.2) is 9.97 Å². The van der Waals surface area contributed by atoms with Crippen LogP contribution in [0.2, 0.25) is 0 Å². The van der Waals surface area contributed by atoms with Crippen LogP contribution in [0, 0.1) is 0 Å². The molecule has 9 rings (SSSR count). The predicted molar refractivity (Wildman–Crippen MR) is 186 cm³/mol. The maximum atomic E-state index is 4.70.